The lowest BCUT2D eigenvalue weighted by Gasteiger charge is -2.14. The molecule has 1 aliphatic rings. The molecule has 0 radical (unpaired) electrons. The van der Waals surface area contributed by atoms with Gasteiger partial charge in [0.25, 0.3) is 11.1 Å². The van der Waals surface area contributed by atoms with Crippen LogP contribution in [0.25, 0.3) is 6.08 Å². The highest BCUT2D eigenvalue weighted by atomic mass is 32.2. The Morgan fingerprint density at radius 1 is 1.04 bits per heavy atom. The van der Waals surface area contributed by atoms with Gasteiger partial charge in [-0.2, -0.15) is 0 Å². The number of aromatic hydroxyl groups is 1. The van der Waals surface area contributed by atoms with Crippen LogP contribution in [0.5, 0.6) is 5.75 Å². The highest BCUT2D eigenvalue weighted by Crippen LogP contribution is 2.33. The lowest BCUT2D eigenvalue weighted by Crippen LogP contribution is -2.33. The van der Waals surface area contributed by atoms with Gasteiger partial charge in [-0.3, -0.25) is 14.5 Å². The van der Waals surface area contributed by atoms with E-state index in [1.807, 2.05) is 30.3 Å². The van der Waals surface area contributed by atoms with E-state index >= 15 is 0 Å². The lowest BCUT2D eigenvalue weighted by atomic mass is 10.2. The molecule has 2 aromatic rings. The molecular formula is C17H14N2O3S. The predicted molar refractivity (Wildman–Crippen MR) is 90.8 cm³/mol. The molecular weight excluding hydrogens is 312 g/mol. The molecule has 1 heterocycles. The van der Waals surface area contributed by atoms with E-state index < -0.39 is 0 Å². The van der Waals surface area contributed by atoms with E-state index in [0.717, 1.165) is 22.3 Å². The van der Waals surface area contributed by atoms with Crippen molar-refractivity contribution in [2.24, 2.45) is 0 Å². The third-order valence-electron chi connectivity index (χ3n) is 3.31. The van der Waals surface area contributed by atoms with Gasteiger partial charge in [0.05, 0.1) is 11.6 Å². The van der Waals surface area contributed by atoms with Crippen molar-refractivity contribution in [3.8, 4) is 5.75 Å². The van der Waals surface area contributed by atoms with Crippen LogP contribution in [0.1, 0.15) is 5.56 Å². The topological polar surface area (TPSA) is 69.6 Å². The fraction of sp³-hybridized carbons (Fsp3) is 0.0588. The SMILES string of the molecule is O=C1SC(=Cc2ccccc2O)C(=O)N1CNc1ccccc1. The summed E-state index contributed by atoms with van der Waals surface area (Å²) in [5, 5.41) is 12.5. The van der Waals surface area contributed by atoms with Gasteiger partial charge in [0.2, 0.25) is 0 Å². The number of rotatable bonds is 4. The van der Waals surface area contributed by atoms with Crippen LogP contribution in [0.4, 0.5) is 10.5 Å². The fourth-order valence-corrected chi connectivity index (χ4v) is 2.94. The number of thioether (sulfide) groups is 1. The zero-order valence-electron chi connectivity index (χ0n) is 12.1. The molecule has 0 aromatic heterocycles. The number of benzene rings is 2. The van der Waals surface area contributed by atoms with Gasteiger partial charge in [-0.1, -0.05) is 36.4 Å². The second kappa shape index (κ2) is 6.58. The van der Waals surface area contributed by atoms with Crippen LogP contribution >= 0.6 is 11.8 Å². The van der Waals surface area contributed by atoms with E-state index in [1.165, 1.54) is 12.1 Å². The summed E-state index contributed by atoms with van der Waals surface area (Å²) < 4.78 is 0. The Balaban J connectivity index is 1.74. The average Bonchev–Trinajstić information content (AvgIpc) is 2.82. The van der Waals surface area contributed by atoms with Crippen molar-refractivity contribution in [2.45, 2.75) is 0 Å². The first-order chi connectivity index (χ1) is 11.1. The molecule has 1 fully saturated rings. The quantitative estimate of drug-likeness (QED) is 0.842. The molecule has 0 aliphatic carbocycles. The van der Waals surface area contributed by atoms with Crippen LogP contribution < -0.4 is 5.32 Å². The molecule has 5 nitrogen and oxygen atoms in total. The summed E-state index contributed by atoms with van der Waals surface area (Å²) in [5.41, 5.74) is 1.34. The Bertz CT molecular complexity index is 774. The van der Waals surface area contributed by atoms with Crippen molar-refractivity contribution in [3.63, 3.8) is 0 Å². The summed E-state index contributed by atoms with van der Waals surface area (Å²) >= 11 is 0.868. The van der Waals surface area contributed by atoms with Crippen LogP contribution in [0, 0.1) is 0 Å². The molecule has 0 unspecified atom stereocenters. The Hall–Kier alpha value is -2.73. The minimum absolute atomic E-state index is 0.0710. The number of imide groups is 1. The third kappa shape index (κ3) is 3.37. The molecule has 1 aliphatic heterocycles. The standard InChI is InChI=1S/C17H14N2O3S/c20-14-9-5-4-6-12(14)10-15-16(21)19(17(22)23-15)11-18-13-7-2-1-3-8-13/h1-10,18,20H,11H2. The zero-order valence-corrected chi connectivity index (χ0v) is 12.9. The van der Waals surface area contributed by atoms with Gasteiger partial charge in [-0.05, 0) is 36.0 Å². The number of carbonyl (C=O) groups is 2. The van der Waals surface area contributed by atoms with Crippen molar-refractivity contribution in [1.82, 2.24) is 4.90 Å². The molecule has 116 valence electrons. The third-order valence-corrected chi connectivity index (χ3v) is 4.22. The zero-order chi connectivity index (χ0) is 16.2. The van der Waals surface area contributed by atoms with Crippen LogP contribution in [-0.4, -0.2) is 27.8 Å². The minimum atomic E-state index is -0.369. The van der Waals surface area contributed by atoms with Gasteiger partial charge in [0.15, 0.2) is 0 Å². The number of anilines is 1. The fourth-order valence-electron chi connectivity index (χ4n) is 2.11. The summed E-state index contributed by atoms with van der Waals surface area (Å²) in [5.74, 6) is -0.298. The predicted octanol–water partition coefficient (Wildman–Crippen LogP) is 3.50. The lowest BCUT2D eigenvalue weighted by molar-refractivity contribution is -0.122. The molecule has 2 N–H and O–H groups in total. The average molecular weight is 326 g/mol. The number of nitrogens with zero attached hydrogens (tertiary/aromatic N) is 1. The summed E-state index contributed by atoms with van der Waals surface area (Å²) in [6.07, 6.45) is 1.53. The second-order valence-electron chi connectivity index (χ2n) is 4.87. The normalized spacial score (nSPS) is 16.2. The Kier molecular flexibility index (Phi) is 4.34. The van der Waals surface area contributed by atoms with E-state index in [0.29, 0.717) is 10.5 Å². The van der Waals surface area contributed by atoms with E-state index in [2.05, 4.69) is 5.32 Å². The monoisotopic (exact) mass is 326 g/mol. The van der Waals surface area contributed by atoms with Gasteiger partial charge in [0, 0.05) is 11.3 Å². The maximum absolute atomic E-state index is 12.3. The highest BCUT2D eigenvalue weighted by Gasteiger charge is 2.34. The van der Waals surface area contributed by atoms with E-state index in [1.54, 1.807) is 18.2 Å². The molecule has 0 spiro atoms. The Labute approximate surface area is 137 Å². The van der Waals surface area contributed by atoms with Gasteiger partial charge < -0.3 is 10.4 Å². The number of phenols is 1. The van der Waals surface area contributed by atoms with Gasteiger partial charge in [-0.25, -0.2) is 0 Å². The van der Waals surface area contributed by atoms with E-state index in [-0.39, 0.29) is 23.6 Å². The molecule has 0 saturated carbocycles. The van der Waals surface area contributed by atoms with Gasteiger partial charge >= 0.3 is 0 Å². The number of carbonyl (C=O) groups excluding carboxylic acids is 2. The first-order valence-corrected chi connectivity index (χ1v) is 7.79. The number of hydrogen-bond donors (Lipinski definition) is 2. The van der Waals surface area contributed by atoms with Crippen LogP contribution in [0.15, 0.2) is 59.5 Å². The first kappa shape index (κ1) is 15.2. The largest absolute Gasteiger partial charge is 0.507 e. The molecule has 0 bridgehead atoms. The molecule has 2 aromatic carbocycles. The molecule has 3 rings (SSSR count). The van der Waals surface area contributed by atoms with E-state index in [9.17, 15) is 14.7 Å². The van der Waals surface area contributed by atoms with Crippen LogP contribution in [-0.2, 0) is 4.79 Å². The molecule has 6 heteroatoms. The molecule has 1 saturated heterocycles. The number of hydrogen-bond acceptors (Lipinski definition) is 5. The van der Waals surface area contributed by atoms with Crippen molar-refractivity contribution in [2.75, 3.05) is 12.0 Å². The Morgan fingerprint density at radius 2 is 1.74 bits per heavy atom. The minimum Gasteiger partial charge on any atom is -0.507 e. The second-order valence-corrected chi connectivity index (χ2v) is 5.86. The van der Waals surface area contributed by atoms with E-state index in [4.69, 9.17) is 0 Å². The molecule has 2 amide bonds. The number of para-hydroxylation sites is 2. The van der Waals surface area contributed by atoms with Crippen molar-refractivity contribution < 1.29 is 14.7 Å². The summed E-state index contributed by atoms with van der Waals surface area (Å²) in [7, 11) is 0. The summed E-state index contributed by atoms with van der Waals surface area (Å²) in [6.45, 7) is 0.104. The first-order valence-electron chi connectivity index (χ1n) is 6.97. The number of phenolic OH excluding ortho intramolecular Hbond substituents is 1. The van der Waals surface area contributed by atoms with Crippen molar-refractivity contribution >= 4 is 34.7 Å². The van der Waals surface area contributed by atoms with Gasteiger partial charge in [0.1, 0.15) is 5.75 Å². The Morgan fingerprint density at radius 3 is 2.48 bits per heavy atom. The smallest absolute Gasteiger partial charge is 0.295 e. The molecule has 0 atom stereocenters. The van der Waals surface area contributed by atoms with Crippen molar-refractivity contribution in [3.05, 3.63) is 65.1 Å². The highest BCUT2D eigenvalue weighted by molar-refractivity contribution is 8.18. The maximum atomic E-state index is 12.3. The van der Waals surface area contributed by atoms with Gasteiger partial charge in [-0.15, -0.1) is 0 Å². The summed E-state index contributed by atoms with van der Waals surface area (Å²) in [4.78, 5) is 25.8. The van der Waals surface area contributed by atoms with Crippen LogP contribution in [0.2, 0.25) is 0 Å². The van der Waals surface area contributed by atoms with Crippen LogP contribution in [0.3, 0.4) is 0 Å². The molecule has 23 heavy (non-hydrogen) atoms. The van der Waals surface area contributed by atoms with Crippen molar-refractivity contribution in [1.29, 1.82) is 0 Å². The number of amides is 2. The number of nitrogens with one attached hydrogen (secondary N) is 1. The summed E-state index contributed by atoms with van der Waals surface area (Å²) in [6, 6.07) is 16.0. The maximum Gasteiger partial charge on any atom is 0.295 e.